The molecule has 0 radical (unpaired) electrons. The van der Waals surface area contributed by atoms with Crippen molar-refractivity contribution in [2.45, 2.75) is 44.2 Å². The highest BCUT2D eigenvalue weighted by Crippen LogP contribution is 2.44. The molecule has 6 heteroatoms. The van der Waals surface area contributed by atoms with Gasteiger partial charge in [-0.1, -0.05) is 36.4 Å². The molecular formula is C26H28N2O4. The summed E-state index contributed by atoms with van der Waals surface area (Å²) in [5, 5.41) is 3.24. The van der Waals surface area contributed by atoms with E-state index in [0.29, 0.717) is 37.9 Å². The quantitative estimate of drug-likeness (QED) is 0.800. The van der Waals surface area contributed by atoms with Gasteiger partial charge >= 0.3 is 0 Å². The second kappa shape index (κ2) is 8.34. The fraction of sp³-hybridized carbons (Fsp3) is 0.385. The lowest BCUT2D eigenvalue weighted by Gasteiger charge is -2.42. The topological polar surface area (TPSA) is 67.9 Å². The normalized spacial score (nSPS) is 24.4. The second-order valence-corrected chi connectivity index (χ2v) is 8.77. The van der Waals surface area contributed by atoms with Gasteiger partial charge in [-0.2, -0.15) is 0 Å². The van der Waals surface area contributed by atoms with Gasteiger partial charge < -0.3 is 19.7 Å². The van der Waals surface area contributed by atoms with Crippen LogP contribution in [0.3, 0.4) is 0 Å². The summed E-state index contributed by atoms with van der Waals surface area (Å²) in [6.07, 6.45) is 4.42. The van der Waals surface area contributed by atoms with Gasteiger partial charge in [0.05, 0.1) is 11.6 Å². The summed E-state index contributed by atoms with van der Waals surface area (Å²) in [7, 11) is 0. The average molecular weight is 433 g/mol. The van der Waals surface area contributed by atoms with Crippen LogP contribution < -0.4 is 14.8 Å². The van der Waals surface area contributed by atoms with Crippen LogP contribution >= 0.6 is 0 Å². The number of carbonyl (C=O) groups excluding carboxylic acids is 2. The summed E-state index contributed by atoms with van der Waals surface area (Å²) in [5.41, 5.74) is 2.03. The van der Waals surface area contributed by atoms with Gasteiger partial charge in [0.15, 0.2) is 0 Å². The molecule has 3 aliphatic heterocycles. The number of likely N-dealkylation sites (tertiary alicyclic amines) is 1. The van der Waals surface area contributed by atoms with E-state index >= 15 is 0 Å². The summed E-state index contributed by atoms with van der Waals surface area (Å²) in [6, 6.07) is 15.4. The summed E-state index contributed by atoms with van der Waals surface area (Å²) in [5.74, 6) is 1.63. The van der Waals surface area contributed by atoms with E-state index in [9.17, 15) is 9.59 Å². The third-order valence-corrected chi connectivity index (χ3v) is 6.79. The van der Waals surface area contributed by atoms with Crippen LogP contribution in [-0.2, 0) is 9.59 Å². The summed E-state index contributed by atoms with van der Waals surface area (Å²) >= 11 is 0. The number of nitrogens with one attached hydrogen (secondary N) is 1. The van der Waals surface area contributed by atoms with E-state index in [-0.39, 0.29) is 24.5 Å². The molecule has 2 atom stereocenters. The number of rotatable bonds is 3. The van der Waals surface area contributed by atoms with Crippen LogP contribution in [0.2, 0.25) is 0 Å². The van der Waals surface area contributed by atoms with Crippen molar-refractivity contribution >= 4 is 17.9 Å². The Morgan fingerprint density at radius 1 is 1.12 bits per heavy atom. The van der Waals surface area contributed by atoms with Gasteiger partial charge in [0, 0.05) is 43.5 Å². The number of amides is 2. The fourth-order valence-corrected chi connectivity index (χ4v) is 4.97. The minimum atomic E-state index is -0.462. The van der Waals surface area contributed by atoms with Crippen LogP contribution in [0.25, 0.3) is 6.08 Å². The molecule has 0 unspecified atom stereocenters. The van der Waals surface area contributed by atoms with E-state index in [0.717, 1.165) is 29.0 Å². The molecule has 0 aromatic heterocycles. The second-order valence-electron chi connectivity index (χ2n) is 8.77. The van der Waals surface area contributed by atoms with Crippen molar-refractivity contribution in [1.29, 1.82) is 0 Å². The Morgan fingerprint density at radius 2 is 1.91 bits per heavy atom. The van der Waals surface area contributed by atoms with Gasteiger partial charge in [0.2, 0.25) is 5.91 Å². The molecule has 5 rings (SSSR count). The molecule has 2 amide bonds. The predicted octanol–water partition coefficient (Wildman–Crippen LogP) is 3.87. The molecule has 166 valence electrons. The van der Waals surface area contributed by atoms with E-state index in [1.165, 1.54) is 0 Å². The molecule has 3 aliphatic rings. The molecule has 32 heavy (non-hydrogen) atoms. The lowest BCUT2D eigenvalue weighted by Crippen LogP contribution is -2.46. The summed E-state index contributed by atoms with van der Waals surface area (Å²) < 4.78 is 12.3. The number of nitrogens with zero attached hydrogens (tertiary/aromatic N) is 1. The summed E-state index contributed by atoms with van der Waals surface area (Å²) in [4.78, 5) is 27.6. The molecule has 1 N–H and O–H groups in total. The van der Waals surface area contributed by atoms with Crippen molar-refractivity contribution in [3.05, 3.63) is 65.2 Å². The van der Waals surface area contributed by atoms with Crippen molar-refractivity contribution in [3.8, 4) is 11.5 Å². The molecular weight excluding hydrogens is 404 g/mol. The molecule has 1 fully saturated rings. The van der Waals surface area contributed by atoms with Crippen molar-refractivity contribution in [2.75, 3.05) is 19.7 Å². The first-order valence-electron chi connectivity index (χ1n) is 11.4. The largest absolute Gasteiger partial charge is 0.488 e. The van der Waals surface area contributed by atoms with Crippen LogP contribution in [0.5, 0.6) is 11.5 Å². The van der Waals surface area contributed by atoms with Gasteiger partial charge in [-0.15, -0.1) is 0 Å². The number of fused-ring (bicyclic) bond motifs is 2. The number of para-hydroxylation sites is 2. The highest BCUT2D eigenvalue weighted by atomic mass is 16.5. The van der Waals surface area contributed by atoms with Gasteiger partial charge in [0.1, 0.15) is 23.7 Å². The van der Waals surface area contributed by atoms with E-state index in [1.54, 1.807) is 0 Å². The van der Waals surface area contributed by atoms with Crippen molar-refractivity contribution in [3.63, 3.8) is 0 Å². The number of hydrogen-bond donors (Lipinski definition) is 1. The van der Waals surface area contributed by atoms with Crippen LogP contribution in [0.1, 0.15) is 49.8 Å². The molecule has 0 aliphatic carbocycles. The molecule has 2 aromatic carbocycles. The minimum absolute atomic E-state index is 0.128. The molecule has 0 bridgehead atoms. The zero-order valence-corrected chi connectivity index (χ0v) is 18.3. The van der Waals surface area contributed by atoms with Crippen LogP contribution in [0.4, 0.5) is 0 Å². The number of carbonyl (C=O) groups is 2. The Kier molecular flexibility index (Phi) is 5.37. The van der Waals surface area contributed by atoms with E-state index in [1.807, 2.05) is 66.4 Å². The molecule has 2 aromatic rings. The average Bonchev–Trinajstić information content (AvgIpc) is 2.97. The van der Waals surface area contributed by atoms with Crippen LogP contribution in [0, 0.1) is 0 Å². The van der Waals surface area contributed by atoms with Gasteiger partial charge in [-0.05, 0) is 31.6 Å². The minimum Gasteiger partial charge on any atom is -0.488 e. The van der Waals surface area contributed by atoms with E-state index < -0.39 is 5.60 Å². The van der Waals surface area contributed by atoms with Gasteiger partial charge in [-0.3, -0.25) is 9.59 Å². The Morgan fingerprint density at radius 3 is 2.75 bits per heavy atom. The molecule has 1 spiro atoms. The highest BCUT2D eigenvalue weighted by Gasteiger charge is 2.43. The van der Waals surface area contributed by atoms with E-state index in [2.05, 4.69) is 5.32 Å². The molecule has 3 heterocycles. The smallest absolute Gasteiger partial charge is 0.251 e. The predicted molar refractivity (Wildman–Crippen MR) is 121 cm³/mol. The lowest BCUT2D eigenvalue weighted by molar-refractivity contribution is -0.130. The molecule has 1 saturated heterocycles. The standard InChI is InChI=1S/C26H28N2O4/c1-2-28-14-13-26(12-11-24(28)29)16-21(20-8-4-6-10-23(20)32-26)27-25(30)19-15-18-7-3-5-9-22(18)31-17-19/h3-10,15,21H,2,11-14,16-17H2,1H3,(H,27,30)/t21-,26-/m1/s1. The number of benzene rings is 2. The number of ether oxygens (including phenoxy) is 2. The highest BCUT2D eigenvalue weighted by molar-refractivity contribution is 5.99. The first-order valence-corrected chi connectivity index (χ1v) is 11.4. The van der Waals surface area contributed by atoms with Crippen molar-refractivity contribution in [1.82, 2.24) is 10.2 Å². The number of hydrogen-bond acceptors (Lipinski definition) is 4. The Labute approximate surface area is 188 Å². The zero-order valence-electron chi connectivity index (χ0n) is 18.3. The van der Waals surface area contributed by atoms with Crippen molar-refractivity contribution < 1.29 is 19.1 Å². The van der Waals surface area contributed by atoms with Crippen LogP contribution in [0.15, 0.2) is 54.1 Å². The third-order valence-electron chi connectivity index (χ3n) is 6.79. The Balaban J connectivity index is 1.40. The molecule has 0 saturated carbocycles. The van der Waals surface area contributed by atoms with Gasteiger partial charge in [0.25, 0.3) is 5.91 Å². The van der Waals surface area contributed by atoms with Gasteiger partial charge in [-0.25, -0.2) is 0 Å². The zero-order chi connectivity index (χ0) is 22.1. The SMILES string of the molecule is CCN1CC[C@]2(CCC1=O)C[C@@H](NC(=O)C1=Cc3ccccc3OC1)c1ccccc1O2. The Hall–Kier alpha value is -3.28. The maximum atomic E-state index is 13.2. The summed E-state index contributed by atoms with van der Waals surface area (Å²) in [6.45, 7) is 3.64. The third kappa shape index (κ3) is 3.85. The molecule has 6 nitrogen and oxygen atoms in total. The van der Waals surface area contributed by atoms with Crippen LogP contribution in [-0.4, -0.2) is 42.0 Å². The van der Waals surface area contributed by atoms with Crippen molar-refractivity contribution in [2.24, 2.45) is 0 Å². The monoisotopic (exact) mass is 432 g/mol. The lowest BCUT2D eigenvalue weighted by atomic mass is 9.82. The first-order chi connectivity index (χ1) is 15.6. The van der Waals surface area contributed by atoms with E-state index in [4.69, 9.17) is 9.47 Å². The maximum Gasteiger partial charge on any atom is 0.251 e. The first kappa shape index (κ1) is 20.6. The maximum absolute atomic E-state index is 13.2. The Bertz CT molecular complexity index is 1080. The fourth-order valence-electron chi connectivity index (χ4n) is 4.97.